The van der Waals surface area contributed by atoms with Gasteiger partial charge in [0.2, 0.25) is 0 Å². The van der Waals surface area contributed by atoms with Crippen molar-refractivity contribution in [1.82, 2.24) is 19.8 Å². The van der Waals surface area contributed by atoms with E-state index < -0.39 is 0 Å². The summed E-state index contributed by atoms with van der Waals surface area (Å²) in [6.45, 7) is 4.43. The molecule has 1 aromatic heterocycles. The summed E-state index contributed by atoms with van der Waals surface area (Å²) in [5.41, 5.74) is 1.73. The first-order valence-corrected chi connectivity index (χ1v) is 8.04. The minimum Gasteiger partial charge on any atom is -0.329 e. The number of amides is 1. The Labute approximate surface area is 137 Å². The highest BCUT2D eigenvalue weighted by molar-refractivity contribution is 5.94. The van der Waals surface area contributed by atoms with Crippen LogP contribution >= 0.6 is 0 Å². The van der Waals surface area contributed by atoms with Crippen molar-refractivity contribution in [3.05, 3.63) is 59.7 Å². The number of carbonyl (C=O) groups is 1. The molecule has 120 valence electrons. The second-order valence-electron chi connectivity index (χ2n) is 5.93. The molecule has 0 aliphatic carbocycles. The SMILES string of the molecule is CCc1ncc(C(=O)N2CCN(C)C[C@H]2c2ccccc2)cn1. The Hall–Kier alpha value is -2.27. The van der Waals surface area contributed by atoms with Crippen LogP contribution in [-0.2, 0) is 6.42 Å². The fourth-order valence-electron chi connectivity index (χ4n) is 2.94. The third kappa shape index (κ3) is 3.40. The second-order valence-corrected chi connectivity index (χ2v) is 5.93. The van der Waals surface area contributed by atoms with E-state index in [2.05, 4.69) is 34.0 Å². The smallest absolute Gasteiger partial charge is 0.257 e. The van der Waals surface area contributed by atoms with E-state index in [9.17, 15) is 4.79 Å². The molecule has 1 aliphatic rings. The first-order chi connectivity index (χ1) is 11.2. The lowest BCUT2D eigenvalue weighted by atomic mass is 10.0. The quantitative estimate of drug-likeness (QED) is 0.872. The molecule has 23 heavy (non-hydrogen) atoms. The average molecular weight is 310 g/mol. The van der Waals surface area contributed by atoms with Crippen molar-refractivity contribution in [1.29, 1.82) is 0 Å². The molecule has 1 aliphatic heterocycles. The first kappa shape index (κ1) is 15.6. The fraction of sp³-hybridized carbons (Fsp3) is 0.389. The van der Waals surface area contributed by atoms with Crippen molar-refractivity contribution in [3.8, 4) is 0 Å². The molecular formula is C18H22N4O. The van der Waals surface area contributed by atoms with Crippen LogP contribution in [0.5, 0.6) is 0 Å². The number of hydrogen-bond acceptors (Lipinski definition) is 4. The maximum atomic E-state index is 12.9. The van der Waals surface area contributed by atoms with Gasteiger partial charge in [-0.05, 0) is 12.6 Å². The minimum atomic E-state index is 0.00889. The van der Waals surface area contributed by atoms with Gasteiger partial charge >= 0.3 is 0 Å². The highest BCUT2D eigenvalue weighted by atomic mass is 16.2. The van der Waals surface area contributed by atoms with Crippen molar-refractivity contribution < 1.29 is 4.79 Å². The van der Waals surface area contributed by atoms with Gasteiger partial charge in [0.1, 0.15) is 5.82 Å². The minimum absolute atomic E-state index is 0.00889. The molecule has 1 fully saturated rings. The zero-order valence-electron chi connectivity index (χ0n) is 13.6. The number of piperazine rings is 1. The lowest BCUT2D eigenvalue weighted by molar-refractivity contribution is 0.0497. The molecule has 1 atom stereocenters. The molecule has 1 aromatic carbocycles. The summed E-state index contributed by atoms with van der Waals surface area (Å²) in [6.07, 6.45) is 4.07. The molecule has 0 radical (unpaired) electrons. The van der Waals surface area contributed by atoms with E-state index in [1.807, 2.05) is 30.0 Å². The van der Waals surface area contributed by atoms with Gasteiger partial charge in [-0.1, -0.05) is 37.3 Å². The summed E-state index contributed by atoms with van der Waals surface area (Å²) in [4.78, 5) is 25.6. The number of hydrogen-bond donors (Lipinski definition) is 0. The largest absolute Gasteiger partial charge is 0.329 e. The standard InChI is InChI=1S/C18H22N4O/c1-3-17-19-11-15(12-20-17)18(23)22-10-9-21(2)13-16(22)14-7-5-4-6-8-14/h4-8,11-12,16H,3,9-10,13H2,1-2H3/t16-/m0/s1. The molecular weight excluding hydrogens is 288 g/mol. The number of benzene rings is 1. The number of aryl methyl sites for hydroxylation is 1. The molecule has 1 saturated heterocycles. The van der Waals surface area contributed by atoms with Crippen molar-refractivity contribution in [3.63, 3.8) is 0 Å². The van der Waals surface area contributed by atoms with Crippen LogP contribution in [0, 0.1) is 0 Å². The van der Waals surface area contributed by atoms with Crippen LogP contribution in [0.1, 0.15) is 34.7 Å². The van der Waals surface area contributed by atoms with Crippen LogP contribution in [0.2, 0.25) is 0 Å². The van der Waals surface area contributed by atoms with Gasteiger partial charge in [0.25, 0.3) is 5.91 Å². The maximum Gasteiger partial charge on any atom is 0.257 e. The number of likely N-dealkylation sites (N-methyl/N-ethyl adjacent to an activating group) is 1. The Morgan fingerprint density at radius 2 is 1.87 bits per heavy atom. The molecule has 2 heterocycles. The van der Waals surface area contributed by atoms with Gasteiger partial charge in [-0.3, -0.25) is 4.79 Å². The van der Waals surface area contributed by atoms with Gasteiger partial charge in [0.15, 0.2) is 0 Å². The van der Waals surface area contributed by atoms with E-state index in [-0.39, 0.29) is 11.9 Å². The normalized spacial score (nSPS) is 18.9. The van der Waals surface area contributed by atoms with Crippen molar-refractivity contribution >= 4 is 5.91 Å². The molecule has 0 bridgehead atoms. The van der Waals surface area contributed by atoms with E-state index in [1.54, 1.807) is 12.4 Å². The Morgan fingerprint density at radius 1 is 1.17 bits per heavy atom. The number of nitrogens with zero attached hydrogens (tertiary/aromatic N) is 4. The number of aromatic nitrogens is 2. The van der Waals surface area contributed by atoms with Crippen LogP contribution in [0.15, 0.2) is 42.7 Å². The Kier molecular flexibility index (Phi) is 4.67. The molecule has 0 unspecified atom stereocenters. The lowest BCUT2D eigenvalue weighted by Crippen LogP contribution is -2.49. The number of carbonyl (C=O) groups excluding carboxylic acids is 1. The summed E-state index contributed by atoms with van der Waals surface area (Å²) in [5.74, 6) is 0.772. The summed E-state index contributed by atoms with van der Waals surface area (Å²) < 4.78 is 0. The Morgan fingerprint density at radius 3 is 2.52 bits per heavy atom. The van der Waals surface area contributed by atoms with Gasteiger partial charge in [-0.15, -0.1) is 0 Å². The molecule has 0 spiro atoms. The summed E-state index contributed by atoms with van der Waals surface area (Å²) in [6, 6.07) is 10.3. The van der Waals surface area contributed by atoms with Gasteiger partial charge in [-0.2, -0.15) is 0 Å². The van der Waals surface area contributed by atoms with E-state index in [0.717, 1.165) is 25.3 Å². The van der Waals surface area contributed by atoms with Crippen LogP contribution in [0.25, 0.3) is 0 Å². The molecule has 3 rings (SSSR count). The molecule has 5 heteroatoms. The van der Waals surface area contributed by atoms with E-state index in [4.69, 9.17) is 0 Å². The second kappa shape index (κ2) is 6.87. The zero-order chi connectivity index (χ0) is 16.2. The Balaban J connectivity index is 1.86. The predicted octanol–water partition coefficient (Wildman–Crippen LogP) is 2.17. The molecule has 0 saturated carbocycles. The van der Waals surface area contributed by atoms with Crippen LogP contribution in [0.4, 0.5) is 0 Å². The third-order valence-corrected chi connectivity index (χ3v) is 4.30. The van der Waals surface area contributed by atoms with E-state index in [0.29, 0.717) is 12.1 Å². The van der Waals surface area contributed by atoms with E-state index in [1.165, 1.54) is 5.56 Å². The zero-order valence-corrected chi connectivity index (χ0v) is 13.6. The fourth-order valence-corrected chi connectivity index (χ4v) is 2.94. The molecule has 0 N–H and O–H groups in total. The summed E-state index contributed by atoms with van der Waals surface area (Å²) >= 11 is 0. The van der Waals surface area contributed by atoms with Gasteiger partial charge < -0.3 is 9.80 Å². The monoisotopic (exact) mass is 310 g/mol. The Bertz CT molecular complexity index is 656. The van der Waals surface area contributed by atoms with Gasteiger partial charge in [-0.25, -0.2) is 9.97 Å². The third-order valence-electron chi connectivity index (χ3n) is 4.30. The highest BCUT2D eigenvalue weighted by Crippen LogP contribution is 2.26. The van der Waals surface area contributed by atoms with Gasteiger partial charge in [0.05, 0.1) is 11.6 Å². The topological polar surface area (TPSA) is 49.3 Å². The van der Waals surface area contributed by atoms with Crippen molar-refractivity contribution in [2.45, 2.75) is 19.4 Å². The van der Waals surface area contributed by atoms with Crippen molar-refractivity contribution in [2.75, 3.05) is 26.7 Å². The van der Waals surface area contributed by atoms with Crippen LogP contribution in [-0.4, -0.2) is 52.4 Å². The maximum absolute atomic E-state index is 12.9. The van der Waals surface area contributed by atoms with E-state index >= 15 is 0 Å². The lowest BCUT2D eigenvalue weighted by Gasteiger charge is -2.40. The summed E-state index contributed by atoms with van der Waals surface area (Å²) in [7, 11) is 2.09. The highest BCUT2D eigenvalue weighted by Gasteiger charge is 2.31. The summed E-state index contributed by atoms with van der Waals surface area (Å²) in [5, 5.41) is 0. The van der Waals surface area contributed by atoms with Crippen LogP contribution in [0.3, 0.4) is 0 Å². The van der Waals surface area contributed by atoms with Gasteiger partial charge in [0, 0.05) is 38.4 Å². The van der Waals surface area contributed by atoms with Crippen LogP contribution < -0.4 is 0 Å². The first-order valence-electron chi connectivity index (χ1n) is 8.04. The predicted molar refractivity (Wildman–Crippen MR) is 89.1 cm³/mol. The van der Waals surface area contributed by atoms with Crippen molar-refractivity contribution in [2.24, 2.45) is 0 Å². The molecule has 1 amide bonds. The average Bonchev–Trinajstić information content (AvgIpc) is 2.62. The molecule has 2 aromatic rings. The number of rotatable bonds is 3. The molecule has 5 nitrogen and oxygen atoms in total.